The highest BCUT2D eigenvalue weighted by Gasteiger charge is 2.10. The molecule has 0 saturated heterocycles. The fraction of sp³-hybridized carbons (Fsp3) is 0.0909. The van der Waals surface area contributed by atoms with Gasteiger partial charge in [0.2, 0.25) is 0 Å². The molecule has 0 fully saturated rings. The number of benzene rings is 1. The van der Waals surface area contributed by atoms with Gasteiger partial charge in [0.05, 0.1) is 0 Å². The summed E-state index contributed by atoms with van der Waals surface area (Å²) >= 11 is 5.93. The average molecular weight is 252 g/mol. The van der Waals surface area contributed by atoms with Crippen molar-refractivity contribution in [1.82, 2.24) is 10.2 Å². The molecular formula is C11H10ClN3O2. The van der Waals surface area contributed by atoms with Gasteiger partial charge < -0.3 is 5.32 Å². The Kier molecular flexibility index (Phi) is 3.01. The molecule has 0 bridgehead atoms. The molecule has 0 aliphatic carbocycles. The summed E-state index contributed by atoms with van der Waals surface area (Å²) in [6.07, 6.45) is 0. The van der Waals surface area contributed by atoms with E-state index < -0.39 is 5.91 Å². The van der Waals surface area contributed by atoms with Crippen molar-refractivity contribution in [3.8, 4) is 0 Å². The number of nitrogens with one attached hydrogen (secondary N) is 3. The summed E-state index contributed by atoms with van der Waals surface area (Å²) in [5.41, 5.74) is 1.22. The highest BCUT2D eigenvalue weighted by Crippen LogP contribution is 2.23. The number of hydrogen-bond acceptors (Lipinski definition) is 2. The molecule has 2 rings (SSSR count). The van der Waals surface area contributed by atoms with Crippen molar-refractivity contribution in [2.24, 2.45) is 0 Å². The van der Waals surface area contributed by atoms with Crippen LogP contribution in [-0.2, 0) is 0 Å². The van der Waals surface area contributed by atoms with Crippen molar-refractivity contribution in [2.75, 3.05) is 5.32 Å². The number of anilines is 1. The zero-order valence-corrected chi connectivity index (χ0v) is 9.76. The third-order valence-corrected chi connectivity index (χ3v) is 2.77. The number of halogens is 1. The van der Waals surface area contributed by atoms with Crippen LogP contribution in [0.5, 0.6) is 0 Å². The number of aromatic nitrogens is 2. The number of amides is 1. The lowest BCUT2D eigenvalue weighted by atomic mass is 10.2. The fourth-order valence-electron chi connectivity index (χ4n) is 1.39. The largest absolute Gasteiger partial charge is 0.320 e. The summed E-state index contributed by atoms with van der Waals surface area (Å²) < 4.78 is 0. The standard InChI is InChI=1S/C11H10ClN3O2/c1-6-7(12)3-2-4-8(6)13-11(17)9-5-10(16)15-14-9/h2-5H,1H3,(H,13,17)(H2,14,15,16). The Morgan fingerprint density at radius 1 is 1.35 bits per heavy atom. The molecular weight excluding hydrogens is 242 g/mol. The van der Waals surface area contributed by atoms with E-state index in [9.17, 15) is 9.59 Å². The van der Waals surface area contributed by atoms with Crippen LogP contribution in [0.4, 0.5) is 5.69 Å². The number of carbonyl (C=O) groups is 1. The highest BCUT2D eigenvalue weighted by atomic mass is 35.5. The summed E-state index contributed by atoms with van der Waals surface area (Å²) in [5, 5.41) is 8.01. The molecule has 1 aromatic heterocycles. The van der Waals surface area contributed by atoms with Gasteiger partial charge in [-0.2, -0.15) is 0 Å². The molecule has 1 amide bonds. The summed E-state index contributed by atoms with van der Waals surface area (Å²) in [5.74, 6) is -0.395. The van der Waals surface area contributed by atoms with Crippen molar-refractivity contribution in [1.29, 1.82) is 0 Å². The molecule has 0 aliphatic rings. The predicted octanol–water partition coefficient (Wildman–Crippen LogP) is 1.92. The van der Waals surface area contributed by atoms with Gasteiger partial charge in [0.25, 0.3) is 11.5 Å². The highest BCUT2D eigenvalue weighted by molar-refractivity contribution is 6.31. The fourth-order valence-corrected chi connectivity index (χ4v) is 1.56. The van der Waals surface area contributed by atoms with E-state index in [2.05, 4.69) is 15.5 Å². The number of rotatable bonds is 2. The van der Waals surface area contributed by atoms with Crippen molar-refractivity contribution < 1.29 is 4.79 Å². The van der Waals surface area contributed by atoms with Crippen LogP contribution in [0.25, 0.3) is 0 Å². The molecule has 88 valence electrons. The first-order valence-electron chi connectivity index (χ1n) is 4.92. The molecule has 17 heavy (non-hydrogen) atoms. The molecule has 0 saturated carbocycles. The maximum atomic E-state index is 11.7. The molecule has 0 aliphatic heterocycles. The van der Waals surface area contributed by atoms with Crippen molar-refractivity contribution in [3.63, 3.8) is 0 Å². The van der Waals surface area contributed by atoms with Gasteiger partial charge in [-0.1, -0.05) is 17.7 Å². The molecule has 0 unspecified atom stereocenters. The van der Waals surface area contributed by atoms with Gasteiger partial charge in [0, 0.05) is 16.8 Å². The Morgan fingerprint density at radius 3 is 2.76 bits per heavy atom. The van der Waals surface area contributed by atoms with Gasteiger partial charge in [-0.05, 0) is 24.6 Å². The monoisotopic (exact) mass is 251 g/mol. The Balaban J connectivity index is 2.24. The second-order valence-corrected chi connectivity index (χ2v) is 3.95. The van der Waals surface area contributed by atoms with E-state index in [1.54, 1.807) is 25.1 Å². The smallest absolute Gasteiger partial charge is 0.273 e. The molecule has 5 nitrogen and oxygen atoms in total. The molecule has 0 radical (unpaired) electrons. The number of H-pyrrole nitrogens is 2. The van der Waals surface area contributed by atoms with Gasteiger partial charge in [-0.25, -0.2) is 0 Å². The summed E-state index contributed by atoms with van der Waals surface area (Å²) in [7, 11) is 0. The molecule has 0 spiro atoms. The Bertz CT molecular complexity index is 615. The normalized spacial score (nSPS) is 10.2. The second-order valence-electron chi connectivity index (χ2n) is 3.54. The second kappa shape index (κ2) is 4.47. The van der Waals surface area contributed by atoms with Crippen molar-refractivity contribution in [3.05, 3.63) is 50.9 Å². The third kappa shape index (κ3) is 2.39. The van der Waals surface area contributed by atoms with Gasteiger partial charge >= 0.3 is 0 Å². The first-order chi connectivity index (χ1) is 8.08. The van der Waals surface area contributed by atoms with Crippen LogP contribution in [0.3, 0.4) is 0 Å². The summed E-state index contributed by atoms with van der Waals surface area (Å²) in [6, 6.07) is 6.41. The van der Waals surface area contributed by atoms with Crippen LogP contribution >= 0.6 is 11.6 Å². The van der Waals surface area contributed by atoms with E-state index in [0.717, 1.165) is 5.56 Å². The van der Waals surface area contributed by atoms with E-state index in [-0.39, 0.29) is 11.3 Å². The van der Waals surface area contributed by atoms with Crippen LogP contribution < -0.4 is 10.9 Å². The molecule has 0 atom stereocenters. The lowest BCUT2D eigenvalue weighted by Gasteiger charge is -2.08. The van der Waals surface area contributed by atoms with Crippen LogP contribution in [0.15, 0.2) is 29.1 Å². The molecule has 3 N–H and O–H groups in total. The van der Waals surface area contributed by atoms with E-state index in [1.165, 1.54) is 6.07 Å². The molecule has 1 aromatic carbocycles. The Morgan fingerprint density at radius 2 is 2.12 bits per heavy atom. The van der Waals surface area contributed by atoms with Gasteiger partial charge in [-0.15, -0.1) is 0 Å². The first-order valence-corrected chi connectivity index (χ1v) is 5.30. The summed E-state index contributed by atoms with van der Waals surface area (Å²) in [4.78, 5) is 22.6. The number of hydrogen-bond donors (Lipinski definition) is 3. The van der Waals surface area contributed by atoms with Crippen LogP contribution in [-0.4, -0.2) is 16.1 Å². The van der Waals surface area contributed by atoms with Crippen molar-refractivity contribution in [2.45, 2.75) is 6.92 Å². The quantitative estimate of drug-likeness (QED) is 0.763. The topological polar surface area (TPSA) is 77.8 Å². The lowest BCUT2D eigenvalue weighted by molar-refractivity contribution is 0.102. The number of carbonyl (C=O) groups excluding carboxylic acids is 1. The van der Waals surface area contributed by atoms with Gasteiger partial charge in [0.1, 0.15) is 5.69 Å². The minimum Gasteiger partial charge on any atom is -0.320 e. The minimum atomic E-state index is -0.395. The SMILES string of the molecule is Cc1c(Cl)cccc1NC(=O)c1cc(=O)[nH][nH]1. The molecule has 6 heteroatoms. The van der Waals surface area contributed by atoms with Gasteiger partial charge in [0.15, 0.2) is 0 Å². The Hall–Kier alpha value is -2.01. The molecule has 2 aromatic rings. The Labute approximate surface area is 102 Å². The van der Waals surface area contributed by atoms with Crippen LogP contribution in [0.1, 0.15) is 16.1 Å². The van der Waals surface area contributed by atoms with E-state index in [4.69, 9.17) is 11.6 Å². The van der Waals surface area contributed by atoms with Crippen LogP contribution in [0.2, 0.25) is 5.02 Å². The first kappa shape index (κ1) is 11.5. The number of aromatic amines is 2. The molecule has 1 heterocycles. The maximum Gasteiger partial charge on any atom is 0.273 e. The third-order valence-electron chi connectivity index (χ3n) is 2.36. The van der Waals surface area contributed by atoms with E-state index in [1.807, 2.05) is 0 Å². The zero-order chi connectivity index (χ0) is 12.4. The predicted molar refractivity (Wildman–Crippen MR) is 65.6 cm³/mol. The average Bonchev–Trinajstić information content (AvgIpc) is 2.72. The lowest BCUT2D eigenvalue weighted by Crippen LogP contribution is -2.13. The van der Waals surface area contributed by atoms with Crippen LogP contribution in [0, 0.1) is 6.92 Å². The minimum absolute atomic E-state index is 0.175. The van der Waals surface area contributed by atoms with E-state index in [0.29, 0.717) is 10.7 Å². The van der Waals surface area contributed by atoms with Gasteiger partial charge in [-0.3, -0.25) is 19.8 Å². The zero-order valence-electron chi connectivity index (χ0n) is 9.00. The maximum absolute atomic E-state index is 11.7. The van der Waals surface area contributed by atoms with Crippen molar-refractivity contribution >= 4 is 23.2 Å². The van der Waals surface area contributed by atoms with E-state index >= 15 is 0 Å². The summed E-state index contributed by atoms with van der Waals surface area (Å²) in [6.45, 7) is 1.80.